The van der Waals surface area contributed by atoms with Crippen LogP contribution in [0.5, 0.6) is 0 Å². The molecular formula is C17H30O3. The molecule has 0 spiro atoms. The number of hydrogen-bond donors (Lipinski definition) is 1. The lowest BCUT2D eigenvalue weighted by Gasteiger charge is -2.11. The Morgan fingerprint density at radius 3 is 2.35 bits per heavy atom. The van der Waals surface area contributed by atoms with Crippen molar-refractivity contribution in [1.29, 1.82) is 0 Å². The van der Waals surface area contributed by atoms with Gasteiger partial charge in [0.05, 0.1) is 5.92 Å². The smallest absolute Gasteiger partial charge is 0.312 e. The van der Waals surface area contributed by atoms with Crippen molar-refractivity contribution in [2.24, 2.45) is 5.92 Å². The summed E-state index contributed by atoms with van der Waals surface area (Å²) < 4.78 is 5.03. The molecule has 0 aliphatic carbocycles. The highest BCUT2D eigenvalue weighted by atomic mass is 16.6. The zero-order valence-corrected chi connectivity index (χ0v) is 13.0. The molecule has 0 radical (unpaired) electrons. The Morgan fingerprint density at radius 2 is 1.75 bits per heavy atom. The normalized spacial score (nSPS) is 26.4. The second kappa shape index (κ2) is 9.98. The zero-order chi connectivity index (χ0) is 14.8. The molecule has 3 heteroatoms. The van der Waals surface area contributed by atoms with Crippen LogP contribution in [0, 0.1) is 5.92 Å². The number of cyclic esters (lactones) is 1. The van der Waals surface area contributed by atoms with E-state index in [2.05, 4.69) is 19.1 Å². The van der Waals surface area contributed by atoms with Crippen LogP contribution in [0.2, 0.25) is 0 Å². The molecule has 0 aromatic heterocycles. The number of rotatable bonds is 10. The molecule has 1 rings (SSSR count). The number of ether oxygens (including phenoxy) is 1. The van der Waals surface area contributed by atoms with Crippen molar-refractivity contribution in [3.63, 3.8) is 0 Å². The summed E-state index contributed by atoms with van der Waals surface area (Å²) in [5.74, 6) is -0.511. The first-order chi connectivity index (χ1) is 9.66. The van der Waals surface area contributed by atoms with Gasteiger partial charge < -0.3 is 9.84 Å². The Hall–Kier alpha value is -0.830. The van der Waals surface area contributed by atoms with E-state index in [-0.39, 0.29) is 18.0 Å². The van der Waals surface area contributed by atoms with Gasteiger partial charge in [0.25, 0.3) is 0 Å². The van der Waals surface area contributed by atoms with E-state index in [1.165, 1.54) is 32.1 Å². The maximum Gasteiger partial charge on any atom is 0.312 e. The number of unbranched alkanes of at least 4 members (excludes halogenated alkanes) is 6. The maximum absolute atomic E-state index is 11.5. The highest BCUT2D eigenvalue weighted by molar-refractivity contribution is 5.75. The van der Waals surface area contributed by atoms with Gasteiger partial charge in [-0.25, -0.2) is 0 Å². The van der Waals surface area contributed by atoms with Gasteiger partial charge in [-0.1, -0.05) is 51.2 Å². The molecule has 1 heterocycles. The number of carbonyl (C=O) groups is 1. The molecule has 20 heavy (non-hydrogen) atoms. The minimum Gasteiger partial charge on any atom is -0.460 e. The van der Waals surface area contributed by atoms with Crippen LogP contribution < -0.4 is 0 Å². The molecule has 3 nitrogen and oxygen atoms in total. The van der Waals surface area contributed by atoms with E-state index in [9.17, 15) is 9.90 Å². The Labute approximate surface area is 123 Å². The molecule has 0 bridgehead atoms. The Balaban J connectivity index is 1.97. The van der Waals surface area contributed by atoms with E-state index < -0.39 is 6.10 Å². The van der Waals surface area contributed by atoms with Crippen LogP contribution in [-0.2, 0) is 9.53 Å². The predicted molar refractivity (Wildman–Crippen MR) is 81.4 cm³/mol. The Bertz CT molecular complexity index is 299. The number of allylic oxidation sites excluding steroid dienone is 2. The minimum absolute atomic E-state index is 0.219. The monoisotopic (exact) mass is 282 g/mol. The second-order valence-electron chi connectivity index (χ2n) is 5.84. The van der Waals surface area contributed by atoms with Crippen molar-refractivity contribution in [2.75, 3.05) is 0 Å². The number of esters is 1. The molecule has 0 saturated carbocycles. The van der Waals surface area contributed by atoms with E-state index in [0.29, 0.717) is 0 Å². The first kappa shape index (κ1) is 17.2. The second-order valence-corrected chi connectivity index (χ2v) is 5.84. The van der Waals surface area contributed by atoms with Crippen LogP contribution in [0.3, 0.4) is 0 Å². The highest BCUT2D eigenvalue weighted by Gasteiger charge is 2.40. The zero-order valence-electron chi connectivity index (χ0n) is 13.0. The molecule has 1 aliphatic heterocycles. The molecule has 1 saturated heterocycles. The maximum atomic E-state index is 11.5. The lowest BCUT2D eigenvalue weighted by molar-refractivity contribution is -0.143. The fourth-order valence-corrected chi connectivity index (χ4v) is 2.63. The van der Waals surface area contributed by atoms with Gasteiger partial charge in [-0.05, 0) is 32.6 Å². The first-order valence-electron chi connectivity index (χ1n) is 8.20. The van der Waals surface area contributed by atoms with Gasteiger partial charge in [0.15, 0.2) is 0 Å². The van der Waals surface area contributed by atoms with Crippen molar-refractivity contribution < 1.29 is 14.6 Å². The molecule has 0 aromatic carbocycles. The molecule has 1 aliphatic rings. The lowest BCUT2D eigenvalue weighted by Crippen LogP contribution is -2.24. The van der Waals surface area contributed by atoms with Crippen molar-refractivity contribution >= 4 is 5.97 Å². The lowest BCUT2D eigenvalue weighted by atomic mass is 9.95. The van der Waals surface area contributed by atoms with Crippen molar-refractivity contribution in [2.45, 2.75) is 83.8 Å². The minimum atomic E-state index is -0.607. The van der Waals surface area contributed by atoms with Crippen molar-refractivity contribution in [3.05, 3.63) is 12.2 Å². The summed E-state index contributed by atoms with van der Waals surface area (Å²) in [4.78, 5) is 11.5. The van der Waals surface area contributed by atoms with E-state index in [0.717, 1.165) is 25.7 Å². The number of carbonyl (C=O) groups excluding carboxylic acids is 1. The topological polar surface area (TPSA) is 46.5 Å². The molecule has 1 N–H and O–H groups in total. The molecule has 3 atom stereocenters. The molecule has 1 fully saturated rings. The van der Waals surface area contributed by atoms with Crippen LogP contribution >= 0.6 is 0 Å². The van der Waals surface area contributed by atoms with Crippen LogP contribution in [0.1, 0.15) is 71.6 Å². The highest BCUT2D eigenvalue weighted by Crippen LogP contribution is 2.26. The van der Waals surface area contributed by atoms with Crippen LogP contribution in [-0.4, -0.2) is 23.3 Å². The van der Waals surface area contributed by atoms with E-state index >= 15 is 0 Å². The summed E-state index contributed by atoms with van der Waals surface area (Å²) in [6.45, 7) is 3.97. The van der Waals surface area contributed by atoms with Crippen molar-refractivity contribution in [1.82, 2.24) is 0 Å². The van der Waals surface area contributed by atoms with Gasteiger partial charge in [-0.15, -0.1) is 0 Å². The van der Waals surface area contributed by atoms with E-state index in [1.54, 1.807) is 6.92 Å². The summed E-state index contributed by atoms with van der Waals surface area (Å²) >= 11 is 0. The van der Waals surface area contributed by atoms with E-state index in [1.807, 2.05) is 0 Å². The largest absolute Gasteiger partial charge is 0.460 e. The summed E-state index contributed by atoms with van der Waals surface area (Å²) in [7, 11) is 0. The summed E-state index contributed by atoms with van der Waals surface area (Å²) in [6.07, 6.45) is 13.9. The molecular weight excluding hydrogens is 252 g/mol. The van der Waals surface area contributed by atoms with Gasteiger partial charge in [-0.3, -0.25) is 4.79 Å². The van der Waals surface area contributed by atoms with Gasteiger partial charge >= 0.3 is 5.97 Å². The number of hydrogen-bond acceptors (Lipinski definition) is 3. The third-order valence-corrected chi connectivity index (χ3v) is 4.02. The third kappa shape index (κ3) is 6.08. The average molecular weight is 282 g/mol. The first-order valence-corrected chi connectivity index (χ1v) is 8.20. The average Bonchev–Trinajstić information content (AvgIpc) is 2.67. The third-order valence-electron chi connectivity index (χ3n) is 4.02. The van der Waals surface area contributed by atoms with Gasteiger partial charge in [0, 0.05) is 0 Å². The fraction of sp³-hybridized carbons (Fsp3) is 0.824. The quantitative estimate of drug-likeness (QED) is 0.374. The Kier molecular flexibility index (Phi) is 8.59. The van der Waals surface area contributed by atoms with Crippen LogP contribution in [0.15, 0.2) is 12.2 Å². The molecule has 0 amide bonds. The Morgan fingerprint density at radius 1 is 1.10 bits per heavy atom. The number of aliphatic hydroxyl groups excluding tert-OH is 1. The number of aliphatic hydroxyl groups is 1. The summed E-state index contributed by atoms with van der Waals surface area (Å²) in [5, 5.41) is 9.82. The van der Waals surface area contributed by atoms with Gasteiger partial charge in [-0.2, -0.15) is 0 Å². The van der Waals surface area contributed by atoms with Crippen molar-refractivity contribution in [3.8, 4) is 0 Å². The molecule has 0 aromatic rings. The summed E-state index contributed by atoms with van der Waals surface area (Å²) in [5.41, 5.74) is 0. The van der Waals surface area contributed by atoms with Gasteiger partial charge in [0.2, 0.25) is 0 Å². The van der Waals surface area contributed by atoms with Crippen LogP contribution in [0.25, 0.3) is 0 Å². The predicted octanol–water partition coefficient (Wildman–Crippen LogP) is 4.00. The van der Waals surface area contributed by atoms with E-state index in [4.69, 9.17) is 4.74 Å². The summed E-state index contributed by atoms with van der Waals surface area (Å²) in [6, 6.07) is 0. The molecule has 3 unspecified atom stereocenters. The standard InChI is InChI=1S/C17H30O3/c1-3-4-5-6-7-8-9-10-11-12-13-15-16(18)14(2)20-17(15)19/h6-7,14-16,18H,3-5,8-13H2,1-2H3. The molecule has 116 valence electrons. The van der Waals surface area contributed by atoms with Gasteiger partial charge in [0.1, 0.15) is 12.2 Å². The SMILES string of the molecule is CCCCC=CCCCCCCC1C(=O)OC(C)C1O. The fourth-order valence-electron chi connectivity index (χ4n) is 2.63. The van der Waals surface area contributed by atoms with Crippen LogP contribution in [0.4, 0.5) is 0 Å².